The third-order valence-electron chi connectivity index (χ3n) is 3.47. The highest BCUT2D eigenvalue weighted by atomic mass is 14.9. The maximum Gasteiger partial charge on any atom is 0.0480 e. The number of benzene rings is 1. The van der Waals surface area contributed by atoms with Crippen LogP contribution in [0.5, 0.6) is 0 Å². The predicted octanol–water partition coefficient (Wildman–Crippen LogP) is 3.45. The average molecular weight is 185 g/mol. The SMILES string of the molecule is Cn1cc(C2CCC2)c2ccccc21. The molecule has 14 heavy (non-hydrogen) atoms. The van der Waals surface area contributed by atoms with Crippen LogP contribution in [0, 0.1) is 0 Å². The van der Waals surface area contributed by atoms with E-state index in [1.54, 1.807) is 5.56 Å². The van der Waals surface area contributed by atoms with E-state index in [0.29, 0.717) is 0 Å². The summed E-state index contributed by atoms with van der Waals surface area (Å²) in [6, 6.07) is 8.72. The molecule has 1 heteroatoms. The number of para-hydroxylation sites is 1. The van der Waals surface area contributed by atoms with E-state index in [4.69, 9.17) is 0 Å². The van der Waals surface area contributed by atoms with Crippen LogP contribution in [0.1, 0.15) is 30.7 Å². The first kappa shape index (κ1) is 8.10. The summed E-state index contributed by atoms with van der Waals surface area (Å²) in [5.41, 5.74) is 2.93. The minimum absolute atomic E-state index is 0.834. The van der Waals surface area contributed by atoms with Crippen LogP contribution in [0.3, 0.4) is 0 Å². The Labute approximate surface area is 84.4 Å². The van der Waals surface area contributed by atoms with Crippen molar-refractivity contribution in [2.45, 2.75) is 25.2 Å². The zero-order valence-corrected chi connectivity index (χ0v) is 8.53. The van der Waals surface area contributed by atoms with Crippen molar-refractivity contribution in [1.29, 1.82) is 0 Å². The molecule has 0 radical (unpaired) electrons. The van der Waals surface area contributed by atoms with Gasteiger partial charge in [0.2, 0.25) is 0 Å². The van der Waals surface area contributed by atoms with E-state index in [0.717, 1.165) is 5.92 Å². The van der Waals surface area contributed by atoms with Crippen LogP contribution in [0.2, 0.25) is 0 Å². The van der Waals surface area contributed by atoms with Crippen molar-refractivity contribution in [3.8, 4) is 0 Å². The van der Waals surface area contributed by atoms with Crippen molar-refractivity contribution in [2.75, 3.05) is 0 Å². The molecule has 0 N–H and O–H groups in total. The summed E-state index contributed by atoms with van der Waals surface area (Å²) in [5.74, 6) is 0.834. The summed E-state index contributed by atoms with van der Waals surface area (Å²) >= 11 is 0. The Kier molecular flexibility index (Phi) is 1.66. The van der Waals surface area contributed by atoms with E-state index in [2.05, 4.69) is 42.1 Å². The molecule has 0 spiro atoms. The van der Waals surface area contributed by atoms with E-state index in [-0.39, 0.29) is 0 Å². The van der Waals surface area contributed by atoms with E-state index < -0.39 is 0 Å². The summed E-state index contributed by atoms with van der Waals surface area (Å²) in [7, 11) is 2.14. The molecule has 1 aromatic heterocycles. The summed E-state index contributed by atoms with van der Waals surface area (Å²) in [6.45, 7) is 0. The number of aromatic nitrogens is 1. The highest BCUT2D eigenvalue weighted by Gasteiger charge is 2.22. The standard InChI is InChI=1S/C13H15N/c1-14-9-12(10-5-4-6-10)11-7-2-3-8-13(11)14/h2-3,7-10H,4-6H2,1H3. The molecule has 2 aromatic rings. The normalized spacial score (nSPS) is 17.2. The highest BCUT2D eigenvalue weighted by molar-refractivity contribution is 5.84. The molecule has 1 fully saturated rings. The fraction of sp³-hybridized carbons (Fsp3) is 0.385. The predicted molar refractivity (Wildman–Crippen MR) is 59.5 cm³/mol. The average Bonchev–Trinajstić information content (AvgIpc) is 2.43. The van der Waals surface area contributed by atoms with E-state index in [1.165, 1.54) is 30.2 Å². The van der Waals surface area contributed by atoms with Crippen molar-refractivity contribution < 1.29 is 0 Å². The first-order chi connectivity index (χ1) is 6.86. The lowest BCUT2D eigenvalue weighted by molar-refractivity contribution is 0.421. The quantitative estimate of drug-likeness (QED) is 0.641. The second kappa shape index (κ2) is 2.88. The molecular formula is C13H15N. The van der Waals surface area contributed by atoms with Crippen LogP contribution in [-0.2, 0) is 7.05 Å². The van der Waals surface area contributed by atoms with Gasteiger partial charge in [-0.05, 0) is 30.4 Å². The lowest BCUT2D eigenvalue weighted by Crippen LogP contribution is -2.07. The van der Waals surface area contributed by atoms with Crippen LogP contribution in [-0.4, -0.2) is 4.57 Å². The third-order valence-corrected chi connectivity index (χ3v) is 3.47. The van der Waals surface area contributed by atoms with E-state index in [1.807, 2.05) is 0 Å². The monoisotopic (exact) mass is 185 g/mol. The van der Waals surface area contributed by atoms with Crippen molar-refractivity contribution in [3.05, 3.63) is 36.0 Å². The minimum Gasteiger partial charge on any atom is -0.350 e. The molecule has 0 atom stereocenters. The Hall–Kier alpha value is -1.24. The van der Waals surface area contributed by atoms with Gasteiger partial charge in [0, 0.05) is 24.1 Å². The van der Waals surface area contributed by atoms with Gasteiger partial charge in [0.1, 0.15) is 0 Å². The number of fused-ring (bicyclic) bond motifs is 1. The van der Waals surface area contributed by atoms with Crippen molar-refractivity contribution in [3.63, 3.8) is 0 Å². The number of rotatable bonds is 1. The molecule has 1 saturated carbocycles. The Morgan fingerprint density at radius 2 is 2.00 bits per heavy atom. The van der Waals surface area contributed by atoms with Crippen molar-refractivity contribution in [1.82, 2.24) is 4.57 Å². The summed E-state index contributed by atoms with van der Waals surface area (Å²) in [5, 5.41) is 1.46. The van der Waals surface area contributed by atoms with Crippen LogP contribution in [0.15, 0.2) is 30.5 Å². The van der Waals surface area contributed by atoms with Gasteiger partial charge in [0.15, 0.2) is 0 Å². The summed E-state index contributed by atoms with van der Waals surface area (Å²) < 4.78 is 2.25. The smallest absolute Gasteiger partial charge is 0.0480 e. The lowest BCUT2D eigenvalue weighted by atomic mass is 9.80. The zero-order valence-electron chi connectivity index (χ0n) is 8.53. The number of aryl methyl sites for hydroxylation is 1. The second-order valence-electron chi connectivity index (χ2n) is 4.34. The van der Waals surface area contributed by atoms with Gasteiger partial charge in [0.05, 0.1) is 0 Å². The Bertz CT molecular complexity index is 463. The zero-order chi connectivity index (χ0) is 9.54. The molecule has 0 unspecified atom stereocenters. The Balaban J connectivity index is 2.23. The first-order valence-electron chi connectivity index (χ1n) is 5.40. The van der Waals surface area contributed by atoms with E-state index >= 15 is 0 Å². The maximum atomic E-state index is 2.31. The Morgan fingerprint density at radius 3 is 2.71 bits per heavy atom. The third kappa shape index (κ3) is 1.02. The molecule has 0 bridgehead atoms. The molecule has 1 aromatic carbocycles. The topological polar surface area (TPSA) is 4.93 Å². The molecule has 72 valence electrons. The number of nitrogens with zero attached hydrogens (tertiary/aromatic N) is 1. The Morgan fingerprint density at radius 1 is 1.21 bits per heavy atom. The first-order valence-corrected chi connectivity index (χ1v) is 5.40. The van der Waals surface area contributed by atoms with Gasteiger partial charge in [-0.1, -0.05) is 24.6 Å². The molecular weight excluding hydrogens is 170 g/mol. The largest absolute Gasteiger partial charge is 0.350 e. The fourth-order valence-corrected chi connectivity index (χ4v) is 2.42. The summed E-state index contributed by atoms with van der Waals surface area (Å²) in [4.78, 5) is 0. The van der Waals surface area contributed by atoms with Gasteiger partial charge in [-0.2, -0.15) is 0 Å². The van der Waals surface area contributed by atoms with Crippen LogP contribution in [0.25, 0.3) is 10.9 Å². The van der Waals surface area contributed by atoms with Crippen LogP contribution in [0.4, 0.5) is 0 Å². The molecule has 1 aliphatic carbocycles. The van der Waals surface area contributed by atoms with Gasteiger partial charge < -0.3 is 4.57 Å². The maximum absolute atomic E-state index is 2.31. The van der Waals surface area contributed by atoms with Crippen LogP contribution >= 0.6 is 0 Å². The molecule has 3 rings (SSSR count). The minimum atomic E-state index is 0.834. The number of hydrogen-bond donors (Lipinski definition) is 0. The van der Waals surface area contributed by atoms with E-state index in [9.17, 15) is 0 Å². The van der Waals surface area contributed by atoms with Crippen molar-refractivity contribution >= 4 is 10.9 Å². The second-order valence-corrected chi connectivity index (χ2v) is 4.34. The summed E-state index contributed by atoms with van der Waals surface area (Å²) in [6.07, 6.45) is 6.49. The fourth-order valence-electron chi connectivity index (χ4n) is 2.42. The lowest BCUT2D eigenvalue weighted by Gasteiger charge is -2.24. The molecule has 0 amide bonds. The van der Waals surface area contributed by atoms with Crippen molar-refractivity contribution in [2.24, 2.45) is 7.05 Å². The molecule has 0 saturated heterocycles. The van der Waals surface area contributed by atoms with Gasteiger partial charge >= 0.3 is 0 Å². The van der Waals surface area contributed by atoms with Gasteiger partial charge in [0.25, 0.3) is 0 Å². The molecule has 1 aliphatic rings. The highest BCUT2D eigenvalue weighted by Crippen LogP contribution is 2.40. The molecule has 1 heterocycles. The van der Waals surface area contributed by atoms with Gasteiger partial charge in [-0.25, -0.2) is 0 Å². The number of hydrogen-bond acceptors (Lipinski definition) is 0. The molecule has 0 aliphatic heterocycles. The van der Waals surface area contributed by atoms with Gasteiger partial charge in [-0.15, -0.1) is 0 Å². The van der Waals surface area contributed by atoms with Gasteiger partial charge in [-0.3, -0.25) is 0 Å². The molecule has 1 nitrogen and oxygen atoms in total. The van der Waals surface area contributed by atoms with Crippen LogP contribution < -0.4 is 0 Å².